The molecule has 1 aliphatic carbocycles. The van der Waals surface area contributed by atoms with E-state index in [2.05, 4.69) is 13.0 Å². The maximum absolute atomic E-state index is 8.86. The third kappa shape index (κ3) is 1.58. The first kappa shape index (κ1) is 7.76. The summed E-state index contributed by atoms with van der Waals surface area (Å²) in [6, 6.07) is 0. The third-order valence-corrected chi connectivity index (χ3v) is 2.12. The average Bonchev–Trinajstić information content (AvgIpc) is 1.96. The highest BCUT2D eigenvalue weighted by atomic mass is 16.3. The van der Waals surface area contributed by atoms with Gasteiger partial charge in [0.15, 0.2) is 0 Å². The van der Waals surface area contributed by atoms with Gasteiger partial charge in [0.2, 0.25) is 0 Å². The van der Waals surface area contributed by atoms with E-state index in [-0.39, 0.29) is 6.61 Å². The Hall–Kier alpha value is -0.340. The second-order valence-corrected chi connectivity index (χ2v) is 3.27. The summed E-state index contributed by atoms with van der Waals surface area (Å²) in [6.07, 6.45) is 6.01. The van der Waals surface area contributed by atoms with Crippen molar-refractivity contribution in [3.63, 3.8) is 0 Å². The van der Waals surface area contributed by atoms with Crippen LogP contribution in [0.2, 0.25) is 0 Å². The SMILES string of the molecule is CC1C=C[C@@](N)(CO)CC1. The van der Waals surface area contributed by atoms with Crippen LogP contribution in [0.5, 0.6) is 0 Å². The Bertz CT molecular complexity index is 144. The maximum atomic E-state index is 8.86. The summed E-state index contributed by atoms with van der Waals surface area (Å²) in [6.45, 7) is 2.23. The molecule has 2 atom stereocenters. The predicted octanol–water partition coefficient (Wildman–Crippen LogP) is 0.662. The fourth-order valence-corrected chi connectivity index (χ4v) is 1.16. The zero-order valence-electron chi connectivity index (χ0n) is 6.38. The van der Waals surface area contributed by atoms with Gasteiger partial charge in [0.1, 0.15) is 0 Å². The first-order chi connectivity index (χ1) is 4.66. The highest BCUT2D eigenvalue weighted by Gasteiger charge is 2.24. The van der Waals surface area contributed by atoms with E-state index in [1.807, 2.05) is 6.08 Å². The van der Waals surface area contributed by atoms with Crippen LogP contribution in [0.1, 0.15) is 19.8 Å². The summed E-state index contributed by atoms with van der Waals surface area (Å²) in [5.74, 6) is 0.628. The Morgan fingerprint density at radius 3 is 2.90 bits per heavy atom. The molecule has 0 saturated carbocycles. The lowest BCUT2D eigenvalue weighted by Gasteiger charge is -2.28. The zero-order chi connectivity index (χ0) is 7.61. The first-order valence-corrected chi connectivity index (χ1v) is 3.75. The van der Waals surface area contributed by atoms with Gasteiger partial charge in [-0.3, -0.25) is 0 Å². The molecule has 1 aliphatic rings. The molecule has 0 aromatic heterocycles. The van der Waals surface area contributed by atoms with E-state index in [9.17, 15) is 0 Å². The molecule has 0 aliphatic heterocycles. The van der Waals surface area contributed by atoms with Gasteiger partial charge in [-0.2, -0.15) is 0 Å². The molecule has 0 aromatic carbocycles. The summed E-state index contributed by atoms with van der Waals surface area (Å²) in [4.78, 5) is 0. The standard InChI is InChI=1S/C8H15NO/c1-7-2-4-8(9,6-10)5-3-7/h2,4,7,10H,3,5-6,9H2,1H3/t7?,8-/m0/s1. The largest absolute Gasteiger partial charge is 0.394 e. The number of hydrogen-bond acceptors (Lipinski definition) is 2. The quantitative estimate of drug-likeness (QED) is 0.527. The highest BCUT2D eigenvalue weighted by Crippen LogP contribution is 2.22. The highest BCUT2D eigenvalue weighted by molar-refractivity contribution is 5.09. The van der Waals surface area contributed by atoms with Crippen molar-refractivity contribution in [3.8, 4) is 0 Å². The van der Waals surface area contributed by atoms with Crippen molar-refractivity contribution in [1.82, 2.24) is 0 Å². The lowest BCUT2D eigenvalue weighted by Crippen LogP contribution is -2.43. The number of nitrogens with two attached hydrogens (primary N) is 1. The second-order valence-electron chi connectivity index (χ2n) is 3.27. The van der Waals surface area contributed by atoms with Gasteiger partial charge in [-0.05, 0) is 18.8 Å². The van der Waals surface area contributed by atoms with Gasteiger partial charge < -0.3 is 10.8 Å². The average molecular weight is 141 g/mol. The van der Waals surface area contributed by atoms with Crippen LogP contribution in [0.15, 0.2) is 12.2 Å². The van der Waals surface area contributed by atoms with E-state index >= 15 is 0 Å². The number of hydrogen-bond donors (Lipinski definition) is 2. The topological polar surface area (TPSA) is 46.2 Å². The van der Waals surface area contributed by atoms with E-state index in [1.54, 1.807) is 0 Å². The van der Waals surface area contributed by atoms with Gasteiger partial charge >= 0.3 is 0 Å². The third-order valence-electron chi connectivity index (χ3n) is 2.12. The van der Waals surface area contributed by atoms with E-state index in [0.717, 1.165) is 12.8 Å². The molecule has 0 saturated heterocycles. The Morgan fingerprint density at radius 1 is 1.80 bits per heavy atom. The van der Waals surface area contributed by atoms with E-state index < -0.39 is 5.54 Å². The molecule has 0 spiro atoms. The molecule has 3 N–H and O–H groups in total. The molecule has 0 radical (unpaired) electrons. The number of rotatable bonds is 1. The summed E-state index contributed by atoms with van der Waals surface area (Å²) in [5, 5.41) is 8.86. The van der Waals surface area contributed by atoms with Gasteiger partial charge in [-0.1, -0.05) is 19.1 Å². The van der Waals surface area contributed by atoms with Crippen LogP contribution < -0.4 is 5.73 Å². The van der Waals surface area contributed by atoms with Crippen LogP contribution in [0.25, 0.3) is 0 Å². The van der Waals surface area contributed by atoms with Crippen molar-refractivity contribution in [2.45, 2.75) is 25.3 Å². The minimum Gasteiger partial charge on any atom is -0.394 e. The normalized spacial score (nSPS) is 40.1. The lowest BCUT2D eigenvalue weighted by molar-refractivity contribution is 0.208. The van der Waals surface area contributed by atoms with Crippen molar-refractivity contribution in [1.29, 1.82) is 0 Å². The Balaban J connectivity index is 2.59. The van der Waals surface area contributed by atoms with Crippen LogP contribution in [0.4, 0.5) is 0 Å². The predicted molar refractivity (Wildman–Crippen MR) is 41.5 cm³/mol. The first-order valence-electron chi connectivity index (χ1n) is 3.75. The molecule has 0 fully saturated rings. The molecule has 0 bridgehead atoms. The molecular formula is C8H15NO. The molecule has 1 rings (SSSR count). The molecule has 2 nitrogen and oxygen atoms in total. The summed E-state index contributed by atoms with van der Waals surface area (Å²) in [7, 11) is 0. The van der Waals surface area contributed by atoms with Gasteiger partial charge in [0.25, 0.3) is 0 Å². The second kappa shape index (κ2) is 2.72. The fourth-order valence-electron chi connectivity index (χ4n) is 1.16. The smallest absolute Gasteiger partial charge is 0.0647 e. The molecule has 1 unspecified atom stereocenters. The minimum absolute atomic E-state index is 0.0657. The van der Waals surface area contributed by atoms with Crippen molar-refractivity contribution < 1.29 is 5.11 Å². The molecule has 0 amide bonds. The van der Waals surface area contributed by atoms with Crippen LogP contribution in [-0.4, -0.2) is 17.3 Å². The molecule has 10 heavy (non-hydrogen) atoms. The van der Waals surface area contributed by atoms with Crippen LogP contribution in [0, 0.1) is 5.92 Å². The van der Waals surface area contributed by atoms with Crippen molar-refractivity contribution >= 4 is 0 Å². The van der Waals surface area contributed by atoms with E-state index in [4.69, 9.17) is 10.8 Å². The van der Waals surface area contributed by atoms with Crippen LogP contribution in [-0.2, 0) is 0 Å². The Kier molecular flexibility index (Phi) is 2.11. The van der Waals surface area contributed by atoms with Crippen molar-refractivity contribution in [2.75, 3.05) is 6.61 Å². The summed E-state index contributed by atoms with van der Waals surface area (Å²) < 4.78 is 0. The van der Waals surface area contributed by atoms with Crippen LogP contribution >= 0.6 is 0 Å². The van der Waals surface area contributed by atoms with E-state index in [0.29, 0.717) is 5.92 Å². The summed E-state index contributed by atoms with van der Waals surface area (Å²) in [5.41, 5.74) is 5.36. The summed E-state index contributed by atoms with van der Waals surface area (Å²) >= 11 is 0. The van der Waals surface area contributed by atoms with Crippen LogP contribution in [0.3, 0.4) is 0 Å². The fraction of sp³-hybridized carbons (Fsp3) is 0.750. The van der Waals surface area contributed by atoms with Gasteiger partial charge in [0, 0.05) is 0 Å². The number of aliphatic hydroxyl groups is 1. The molecular weight excluding hydrogens is 126 g/mol. The Labute approximate surface area is 61.7 Å². The van der Waals surface area contributed by atoms with Crippen molar-refractivity contribution in [3.05, 3.63) is 12.2 Å². The zero-order valence-corrected chi connectivity index (χ0v) is 6.38. The molecule has 2 heteroatoms. The van der Waals surface area contributed by atoms with Gasteiger partial charge in [0.05, 0.1) is 12.1 Å². The van der Waals surface area contributed by atoms with Gasteiger partial charge in [-0.15, -0.1) is 0 Å². The van der Waals surface area contributed by atoms with E-state index in [1.165, 1.54) is 0 Å². The molecule has 0 heterocycles. The number of allylic oxidation sites excluding steroid dienone is 1. The maximum Gasteiger partial charge on any atom is 0.0647 e. The van der Waals surface area contributed by atoms with Crippen molar-refractivity contribution in [2.24, 2.45) is 11.7 Å². The monoisotopic (exact) mass is 141 g/mol. The Morgan fingerprint density at radius 2 is 2.50 bits per heavy atom. The molecule has 0 aromatic rings. The minimum atomic E-state index is -0.424. The molecule has 58 valence electrons. The lowest BCUT2D eigenvalue weighted by atomic mass is 9.85. The van der Waals surface area contributed by atoms with Gasteiger partial charge in [-0.25, -0.2) is 0 Å². The number of aliphatic hydroxyl groups excluding tert-OH is 1.